The predicted octanol–water partition coefficient (Wildman–Crippen LogP) is 15.7. The number of hydrogen-bond donors (Lipinski definition) is 0. The molecule has 5 aromatic carbocycles. The first-order chi connectivity index (χ1) is 27.7. The van der Waals surface area contributed by atoms with Crippen molar-refractivity contribution in [2.45, 2.75) is 150 Å². The first-order valence-electron chi connectivity index (χ1n) is 22.8. The van der Waals surface area contributed by atoms with E-state index in [1.807, 2.05) is 0 Å². The van der Waals surface area contributed by atoms with Crippen molar-refractivity contribution in [1.82, 2.24) is 0 Å². The zero-order valence-corrected chi connectivity index (χ0v) is 37.2. The van der Waals surface area contributed by atoms with Gasteiger partial charge in [-0.25, -0.2) is 0 Å². The van der Waals surface area contributed by atoms with Gasteiger partial charge < -0.3 is 4.90 Å². The van der Waals surface area contributed by atoms with Crippen LogP contribution in [0.3, 0.4) is 0 Å². The van der Waals surface area contributed by atoms with Crippen LogP contribution in [0, 0.1) is 23.7 Å². The molecule has 1 spiro atoms. The van der Waals surface area contributed by atoms with Gasteiger partial charge in [-0.1, -0.05) is 140 Å². The second-order valence-corrected chi connectivity index (χ2v) is 23.3. The number of benzene rings is 5. The normalized spacial score (nSPS) is 28.6. The fraction of sp³-hybridized carbons (Fsp3) is 0.464. The lowest BCUT2D eigenvalue weighted by atomic mass is 9.42. The van der Waals surface area contributed by atoms with Gasteiger partial charge in [-0.15, -0.1) is 0 Å². The van der Waals surface area contributed by atoms with Gasteiger partial charge in [-0.3, -0.25) is 0 Å². The number of hydrogen-bond acceptors (Lipinski definition) is 2. The zero-order valence-electron chi connectivity index (χ0n) is 36.3. The van der Waals surface area contributed by atoms with Crippen LogP contribution in [0.25, 0.3) is 11.1 Å². The van der Waals surface area contributed by atoms with Gasteiger partial charge in [-0.05, 0) is 178 Å². The first kappa shape index (κ1) is 37.3. The lowest BCUT2D eigenvalue weighted by Gasteiger charge is -2.63. The summed E-state index contributed by atoms with van der Waals surface area (Å²) in [4.78, 5) is 5.81. The third kappa shape index (κ3) is 5.28. The standard InChI is InChI=1S/C56H63NS/c1-52(2)25-27-54(5,6)49-41(52)17-12-20-45(49)57(46-21-13-18-42-50(46)55(7,8)28-26-53(42,3)4)47-22-14-19-43-51(47)58-48-24-23-38(37-15-10-9-11-16-37)34-44(48)56(43)39-30-35-29-36(32-39)33-40(56)31-35/h9-24,34-36,39-40H,25-33H2,1-8H3. The summed E-state index contributed by atoms with van der Waals surface area (Å²) in [5.74, 6) is 3.17. The van der Waals surface area contributed by atoms with Gasteiger partial charge in [0.1, 0.15) is 0 Å². The fourth-order valence-corrected chi connectivity index (χ4v) is 15.4. The largest absolute Gasteiger partial charge is 0.309 e. The third-order valence-electron chi connectivity index (χ3n) is 17.0. The van der Waals surface area contributed by atoms with Crippen LogP contribution >= 0.6 is 11.8 Å². The van der Waals surface area contributed by atoms with E-state index in [2.05, 4.69) is 175 Å². The summed E-state index contributed by atoms with van der Waals surface area (Å²) in [6.45, 7) is 20.0. The quantitative estimate of drug-likeness (QED) is 0.179. The van der Waals surface area contributed by atoms with E-state index < -0.39 is 0 Å². The van der Waals surface area contributed by atoms with Crippen LogP contribution in [0.15, 0.2) is 113 Å². The van der Waals surface area contributed by atoms with Gasteiger partial charge in [-0.2, -0.15) is 0 Å². The maximum atomic E-state index is 2.82. The Morgan fingerprint density at radius 3 is 1.50 bits per heavy atom. The van der Waals surface area contributed by atoms with E-state index in [1.54, 1.807) is 22.3 Å². The molecule has 4 fully saturated rings. The summed E-state index contributed by atoms with van der Waals surface area (Å²) in [7, 11) is 0. The van der Waals surface area contributed by atoms with E-state index in [1.165, 1.54) is 107 Å². The number of rotatable bonds is 4. The SMILES string of the molecule is CC1(C)CCC(C)(C)c2c(N(c3cccc4c3Sc3ccc(-c5ccccc5)cc3C43C4CC5CC(C4)CC3C5)c3cccc4c3C(C)(C)CCC4(C)C)cccc21. The molecule has 298 valence electrons. The van der Waals surface area contributed by atoms with Crippen molar-refractivity contribution in [2.24, 2.45) is 23.7 Å². The second kappa shape index (κ2) is 12.6. The Hall–Kier alpha value is -3.75. The molecular formula is C56H63NS. The van der Waals surface area contributed by atoms with Crippen molar-refractivity contribution in [2.75, 3.05) is 4.90 Å². The summed E-state index contributed by atoms with van der Waals surface area (Å²) in [5.41, 5.74) is 16.7. The summed E-state index contributed by atoms with van der Waals surface area (Å²) in [6, 6.07) is 41.0. The Morgan fingerprint density at radius 1 is 0.448 bits per heavy atom. The minimum absolute atomic E-state index is 0.0323. The Balaban J connectivity index is 1.21. The highest BCUT2D eigenvalue weighted by Gasteiger charge is 2.61. The van der Waals surface area contributed by atoms with Gasteiger partial charge in [0.25, 0.3) is 0 Å². The van der Waals surface area contributed by atoms with Crippen LogP contribution < -0.4 is 4.90 Å². The molecule has 0 saturated heterocycles. The molecule has 6 aliphatic carbocycles. The van der Waals surface area contributed by atoms with E-state index in [4.69, 9.17) is 0 Å². The van der Waals surface area contributed by atoms with Crippen LogP contribution in [0.2, 0.25) is 0 Å². The number of anilines is 3. The summed E-state index contributed by atoms with van der Waals surface area (Å²) < 4.78 is 0. The molecule has 0 N–H and O–H groups in total. The fourth-order valence-electron chi connectivity index (χ4n) is 14.1. The molecule has 0 aromatic heterocycles. The molecule has 0 radical (unpaired) electrons. The maximum Gasteiger partial charge on any atom is 0.0604 e. The molecule has 0 unspecified atom stereocenters. The summed E-state index contributed by atoms with van der Waals surface area (Å²) in [6.07, 6.45) is 11.8. The van der Waals surface area contributed by atoms with Gasteiger partial charge in [0, 0.05) is 15.2 Å². The Bertz CT molecular complexity index is 2350. The monoisotopic (exact) mass is 781 g/mol. The van der Waals surface area contributed by atoms with Crippen molar-refractivity contribution in [1.29, 1.82) is 0 Å². The number of nitrogens with zero attached hydrogens (tertiary/aromatic N) is 1. The summed E-state index contributed by atoms with van der Waals surface area (Å²) >= 11 is 2.08. The first-order valence-corrected chi connectivity index (χ1v) is 23.6. The van der Waals surface area contributed by atoms with E-state index in [0.29, 0.717) is 11.8 Å². The van der Waals surface area contributed by atoms with Gasteiger partial charge in [0.15, 0.2) is 0 Å². The molecule has 1 nitrogen and oxygen atoms in total. The van der Waals surface area contributed by atoms with Crippen molar-refractivity contribution < 1.29 is 0 Å². The Morgan fingerprint density at radius 2 is 0.948 bits per heavy atom. The van der Waals surface area contributed by atoms with Gasteiger partial charge in [0.2, 0.25) is 0 Å². The average Bonchev–Trinajstić information content (AvgIpc) is 3.20. The minimum Gasteiger partial charge on any atom is -0.309 e. The molecule has 4 bridgehead atoms. The number of fused-ring (bicyclic) bond motifs is 4. The van der Waals surface area contributed by atoms with Crippen molar-refractivity contribution in [3.05, 3.63) is 137 Å². The average molecular weight is 782 g/mol. The van der Waals surface area contributed by atoms with Crippen LogP contribution in [0.1, 0.15) is 147 Å². The molecule has 12 rings (SSSR count). The zero-order chi connectivity index (χ0) is 40.0. The van der Waals surface area contributed by atoms with E-state index >= 15 is 0 Å². The van der Waals surface area contributed by atoms with E-state index in [-0.39, 0.29) is 27.1 Å². The van der Waals surface area contributed by atoms with Crippen LogP contribution in [-0.4, -0.2) is 0 Å². The van der Waals surface area contributed by atoms with Crippen LogP contribution in [0.4, 0.5) is 17.1 Å². The molecule has 7 aliphatic rings. The molecule has 4 saturated carbocycles. The van der Waals surface area contributed by atoms with E-state index in [0.717, 1.165) is 11.8 Å². The van der Waals surface area contributed by atoms with Crippen LogP contribution in [0.5, 0.6) is 0 Å². The second-order valence-electron chi connectivity index (χ2n) is 22.3. The Labute approximate surface area is 353 Å². The van der Waals surface area contributed by atoms with Crippen molar-refractivity contribution >= 4 is 28.8 Å². The molecule has 1 aliphatic heterocycles. The third-order valence-corrected chi connectivity index (χ3v) is 18.2. The topological polar surface area (TPSA) is 3.24 Å². The highest BCUT2D eigenvalue weighted by atomic mass is 32.2. The molecule has 2 heteroatoms. The van der Waals surface area contributed by atoms with Gasteiger partial charge >= 0.3 is 0 Å². The summed E-state index contributed by atoms with van der Waals surface area (Å²) in [5, 5.41) is 0. The Kier molecular flexibility index (Phi) is 8.12. The predicted molar refractivity (Wildman–Crippen MR) is 246 cm³/mol. The van der Waals surface area contributed by atoms with E-state index in [9.17, 15) is 0 Å². The molecule has 0 atom stereocenters. The highest BCUT2D eigenvalue weighted by Crippen LogP contribution is 2.70. The molecule has 0 amide bonds. The smallest absolute Gasteiger partial charge is 0.0604 e. The molecule has 1 heterocycles. The molecular weight excluding hydrogens is 719 g/mol. The maximum absolute atomic E-state index is 2.82. The minimum atomic E-state index is 0.0323. The highest BCUT2D eigenvalue weighted by molar-refractivity contribution is 7.99. The van der Waals surface area contributed by atoms with Gasteiger partial charge in [0.05, 0.1) is 17.1 Å². The lowest BCUT2D eigenvalue weighted by Crippen LogP contribution is -2.57. The van der Waals surface area contributed by atoms with Crippen LogP contribution in [-0.2, 0) is 27.1 Å². The van der Waals surface area contributed by atoms with Crippen molar-refractivity contribution in [3.63, 3.8) is 0 Å². The van der Waals surface area contributed by atoms with Crippen molar-refractivity contribution in [3.8, 4) is 11.1 Å². The lowest BCUT2D eigenvalue weighted by molar-refractivity contribution is -0.0443. The molecule has 58 heavy (non-hydrogen) atoms. The molecule has 5 aromatic rings.